The van der Waals surface area contributed by atoms with Gasteiger partial charge in [0.2, 0.25) is 0 Å². The van der Waals surface area contributed by atoms with Crippen molar-refractivity contribution < 1.29 is 9.13 Å². The first-order chi connectivity index (χ1) is 9.78. The predicted molar refractivity (Wildman–Crippen MR) is 71.1 cm³/mol. The molecule has 0 aliphatic rings. The van der Waals surface area contributed by atoms with Crippen LogP contribution in [0.3, 0.4) is 0 Å². The number of nitrogens with zero attached hydrogens (tertiary/aromatic N) is 4. The molecule has 5 nitrogen and oxygen atoms in total. The zero-order valence-electron chi connectivity index (χ0n) is 10.9. The molecule has 1 unspecified atom stereocenters. The summed E-state index contributed by atoms with van der Waals surface area (Å²) in [6, 6.07) is 8.76. The molecule has 0 N–H and O–H groups in total. The average Bonchev–Trinajstić information content (AvgIpc) is 2.96. The molecule has 20 heavy (non-hydrogen) atoms. The molecule has 0 bridgehead atoms. The Kier molecular flexibility index (Phi) is 3.28. The number of hydrogen-bond donors (Lipinski definition) is 0. The first-order valence-electron chi connectivity index (χ1n) is 6.24. The molecular formula is C14H13FN4O. The third-order valence-corrected chi connectivity index (χ3v) is 3.02. The molecule has 3 rings (SSSR count). The summed E-state index contributed by atoms with van der Waals surface area (Å²) in [5, 5.41) is 4.12. The van der Waals surface area contributed by atoms with E-state index in [2.05, 4.69) is 15.1 Å². The van der Waals surface area contributed by atoms with Crippen LogP contribution in [0.2, 0.25) is 0 Å². The monoisotopic (exact) mass is 272 g/mol. The lowest BCUT2D eigenvalue weighted by Crippen LogP contribution is -2.10. The van der Waals surface area contributed by atoms with E-state index in [4.69, 9.17) is 4.74 Å². The summed E-state index contributed by atoms with van der Waals surface area (Å²) in [5.74, 6) is 1.21. The van der Waals surface area contributed by atoms with Crippen LogP contribution in [0.4, 0.5) is 4.39 Å². The Balaban J connectivity index is 1.84. The van der Waals surface area contributed by atoms with Gasteiger partial charge >= 0.3 is 0 Å². The smallest absolute Gasteiger partial charge is 0.252 e. The van der Waals surface area contributed by atoms with Crippen molar-refractivity contribution in [2.24, 2.45) is 0 Å². The van der Waals surface area contributed by atoms with Crippen molar-refractivity contribution >= 4 is 5.78 Å². The molecule has 0 fully saturated rings. The van der Waals surface area contributed by atoms with E-state index in [1.54, 1.807) is 35.0 Å². The topological polar surface area (TPSA) is 52.3 Å². The van der Waals surface area contributed by atoms with Crippen molar-refractivity contribution in [2.45, 2.75) is 19.7 Å². The molecule has 2 heterocycles. The van der Waals surface area contributed by atoms with Crippen molar-refractivity contribution in [1.29, 1.82) is 0 Å². The van der Waals surface area contributed by atoms with Crippen LogP contribution >= 0.6 is 0 Å². The van der Waals surface area contributed by atoms with Gasteiger partial charge in [-0.2, -0.15) is 14.6 Å². The fourth-order valence-electron chi connectivity index (χ4n) is 1.99. The van der Waals surface area contributed by atoms with E-state index in [0.29, 0.717) is 17.1 Å². The van der Waals surface area contributed by atoms with Gasteiger partial charge in [-0.05, 0) is 30.7 Å². The van der Waals surface area contributed by atoms with E-state index in [-0.39, 0.29) is 6.10 Å². The third kappa shape index (κ3) is 2.32. The summed E-state index contributed by atoms with van der Waals surface area (Å²) in [4.78, 5) is 8.14. The quantitative estimate of drug-likeness (QED) is 0.732. The second kappa shape index (κ2) is 5.24. The first-order valence-corrected chi connectivity index (χ1v) is 6.24. The highest BCUT2D eigenvalue weighted by Gasteiger charge is 2.12. The number of ether oxygens (including phenoxy) is 1. The molecule has 3 aromatic rings. The van der Waals surface area contributed by atoms with E-state index in [9.17, 15) is 4.39 Å². The van der Waals surface area contributed by atoms with Gasteiger partial charge in [0.15, 0.2) is 0 Å². The minimum absolute atomic E-state index is 0.224. The van der Waals surface area contributed by atoms with Gasteiger partial charge in [0.25, 0.3) is 5.78 Å². The van der Waals surface area contributed by atoms with Gasteiger partial charge < -0.3 is 4.74 Å². The van der Waals surface area contributed by atoms with Crippen LogP contribution in [-0.2, 0) is 6.67 Å². The number of alkyl halides is 1. The summed E-state index contributed by atoms with van der Waals surface area (Å²) in [5.41, 5.74) is 1.48. The van der Waals surface area contributed by atoms with Crippen LogP contribution in [-0.4, -0.2) is 19.6 Å². The standard InChI is InChI=1S/C14H13FN4O/c1-10(20-12-4-2-11(8-15)3-5-12)13-6-7-16-14-17-9-18-19(13)14/h2-7,9-10H,8H2,1H3. The normalized spacial score (nSPS) is 12.5. The van der Waals surface area contributed by atoms with E-state index < -0.39 is 6.67 Å². The second-order valence-electron chi connectivity index (χ2n) is 4.38. The molecular weight excluding hydrogens is 259 g/mol. The molecule has 0 amide bonds. The number of hydrogen-bond acceptors (Lipinski definition) is 4. The molecule has 2 aromatic heterocycles. The molecule has 6 heteroatoms. The van der Waals surface area contributed by atoms with Gasteiger partial charge in [-0.25, -0.2) is 9.37 Å². The zero-order valence-corrected chi connectivity index (χ0v) is 10.9. The fraction of sp³-hybridized carbons (Fsp3) is 0.214. The number of fused-ring (bicyclic) bond motifs is 1. The van der Waals surface area contributed by atoms with E-state index in [0.717, 1.165) is 5.69 Å². The van der Waals surface area contributed by atoms with Crippen LogP contribution in [0.1, 0.15) is 24.3 Å². The van der Waals surface area contributed by atoms with Gasteiger partial charge in [0.1, 0.15) is 24.9 Å². The molecule has 1 aromatic carbocycles. The number of halogens is 1. The van der Waals surface area contributed by atoms with Gasteiger partial charge in [-0.3, -0.25) is 0 Å². The lowest BCUT2D eigenvalue weighted by atomic mass is 10.2. The molecule has 1 atom stereocenters. The lowest BCUT2D eigenvalue weighted by Gasteiger charge is -2.15. The fourth-order valence-corrected chi connectivity index (χ4v) is 1.99. The lowest BCUT2D eigenvalue weighted by molar-refractivity contribution is 0.218. The predicted octanol–water partition coefficient (Wildman–Crippen LogP) is 2.73. The SMILES string of the molecule is CC(Oc1ccc(CF)cc1)c1ccnc2ncnn12. The molecule has 0 saturated carbocycles. The van der Waals surface area contributed by atoms with Crippen molar-refractivity contribution in [1.82, 2.24) is 19.6 Å². The van der Waals surface area contributed by atoms with Crippen molar-refractivity contribution in [3.05, 3.63) is 54.1 Å². The Hall–Kier alpha value is -2.50. The van der Waals surface area contributed by atoms with Crippen LogP contribution in [0, 0.1) is 0 Å². The number of aromatic nitrogens is 4. The summed E-state index contributed by atoms with van der Waals surface area (Å²) in [6.07, 6.45) is 2.90. The van der Waals surface area contributed by atoms with Crippen LogP contribution in [0.15, 0.2) is 42.9 Å². The maximum atomic E-state index is 12.5. The third-order valence-electron chi connectivity index (χ3n) is 3.02. The van der Waals surface area contributed by atoms with Crippen molar-refractivity contribution in [2.75, 3.05) is 0 Å². The molecule has 0 aliphatic heterocycles. The van der Waals surface area contributed by atoms with E-state index >= 15 is 0 Å². The number of rotatable bonds is 4. The van der Waals surface area contributed by atoms with Crippen molar-refractivity contribution in [3.8, 4) is 5.75 Å². The molecule has 0 radical (unpaired) electrons. The zero-order chi connectivity index (χ0) is 13.9. The largest absolute Gasteiger partial charge is 0.484 e. The Morgan fingerprint density at radius 3 is 2.75 bits per heavy atom. The van der Waals surface area contributed by atoms with Gasteiger partial charge in [-0.15, -0.1) is 0 Å². The van der Waals surface area contributed by atoms with Crippen molar-refractivity contribution in [3.63, 3.8) is 0 Å². The first kappa shape index (κ1) is 12.5. The Morgan fingerprint density at radius 2 is 2.00 bits per heavy atom. The van der Waals surface area contributed by atoms with E-state index in [1.807, 2.05) is 13.0 Å². The molecule has 102 valence electrons. The summed E-state index contributed by atoms with van der Waals surface area (Å²) < 4.78 is 19.9. The highest BCUT2D eigenvalue weighted by molar-refractivity contribution is 5.30. The highest BCUT2D eigenvalue weighted by atomic mass is 19.1. The number of benzene rings is 1. The summed E-state index contributed by atoms with van der Waals surface area (Å²) in [6.45, 7) is 1.44. The molecule has 0 aliphatic carbocycles. The summed E-state index contributed by atoms with van der Waals surface area (Å²) in [7, 11) is 0. The van der Waals surface area contributed by atoms with Crippen LogP contribution in [0.5, 0.6) is 5.75 Å². The highest BCUT2D eigenvalue weighted by Crippen LogP contribution is 2.22. The maximum absolute atomic E-state index is 12.5. The Bertz CT molecular complexity index is 711. The van der Waals surface area contributed by atoms with Gasteiger partial charge in [-0.1, -0.05) is 12.1 Å². The second-order valence-corrected chi connectivity index (χ2v) is 4.38. The average molecular weight is 272 g/mol. The minimum atomic E-state index is -0.472. The Morgan fingerprint density at radius 1 is 1.20 bits per heavy atom. The van der Waals surface area contributed by atoms with Crippen LogP contribution in [0.25, 0.3) is 5.78 Å². The van der Waals surface area contributed by atoms with Gasteiger partial charge in [0.05, 0.1) is 5.69 Å². The molecule has 0 spiro atoms. The minimum Gasteiger partial charge on any atom is -0.484 e. The summed E-state index contributed by atoms with van der Waals surface area (Å²) >= 11 is 0. The Labute approximate surface area is 115 Å². The van der Waals surface area contributed by atoms with E-state index in [1.165, 1.54) is 6.33 Å². The van der Waals surface area contributed by atoms with Crippen LogP contribution < -0.4 is 4.74 Å². The van der Waals surface area contributed by atoms with Gasteiger partial charge in [0, 0.05) is 6.20 Å². The maximum Gasteiger partial charge on any atom is 0.252 e. The molecule has 0 saturated heterocycles.